The van der Waals surface area contributed by atoms with Crippen molar-refractivity contribution in [3.63, 3.8) is 0 Å². The fourth-order valence-electron chi connectivity index (χ4n) is 6.61. The molecule has 0 spiro atoms. The fraction of sp³-hybridized carbons (Fsp3) is 0.760. The average molecular weight is 467 g/mol. The Morgan fingerprint density at radius 3 is 2.69 bits per heavy atom. The number of cyclic esters (lactones) is 1. The van der Waals surface area contributed by atoms with Crippen molar-refractivity contribution >= 4 is 23.5 Å². The first-order chi connectivity index (χ1) is 14.9. The van der Waals surface area contributed by atoms with Crippen molar-refractivity contribution in [2.75, 3.05) is 13.2 Å². The Kier molecular flexibility index (Phi) is 6.05. The highest BCUT2D eigenvalue weighted by Gasteiger charge is 2.62. The number of ether oxygens (including phenoxy) is 4. The van der Waals surface area contributed by atoms with E-state index in [1.54, 1.807) is 0 Å². The van der Waals surface area contributed by atoms with Crippen molar-refractivity contribution in [2.24, 2.45) is 22.7 Å². The smallest absolute Gasteiger partial charge is 0.337 e. The molecule has 4 fully saturated rings. The van der Waals surface area contributed by atoms with E-state index in [9.17, 15) is 9.59 Å². The van der Waals surface area contributed by atoms with E-state index in [0.29, 0.717) is 24.5 Å². The van der Waals surface area contributed by atoms with Gasteiger partial charge in [0.1, 0.15) is 6.61 Å². The molecule has 0 N–H and O–H groups in total. The fourth-order valence-corrected chi connectivity index (χ4v) is 6.94. The molecular weight excluding hydrogens is 432 g/mol. The summed E-state index contributed by atoms with van der Waals surface area (Å²) in [6.07, 6.45) is 4.72. The lowest BCUT2D eigenvalue weighted by Gasteiger charge is -2.64. The van der Waals surface area contributed by atoms with E-state index < -0.39 is 23.8 Å². The lowest BCUT2D eigenvalue weighted by atomic mass is 9.46. The molecule has 6 nitrogen and oxygen atoms in total. The zero-order chi connectivity index (χ0) is 23.5. The van der Waals surface area contributed by atoms with Crippen molar-refractivity contribution in [3.05, 3.63) is 23.8 Å². The van der Waals surface area contributed by atoms with Crippen LogP contribution in [0.2, 0.25) is 0 Å². The Morgan fingerprint density at radius 2 is 2.00 bits per heavy atom. The maximum atomic E-state index is 12.3. The summed E-state index contributed by atoms with van der Waals surface area (Å²) >= 11 is 6.85. The van der Waals surface area contributed by atoms with Gasteiger partial charge in [-0.25, -0.2) is 4.79 Å². The molecule has 7 atom stereocenters. The number of hydrogen-bond acceptors (Lipinski definition) is 6. The number of alkyl halides is 1. The Balaban J connectivity index is 1.62. The molecule has 2 saturated carbocycles. The molecule has 4 rings (SSSR count). The maximum absolute atomic E-state index is 12.3. The normalized spacial score (nSPS) is 44.6. The van der Waals surface area contributed by atoms with Crippen LogP contribution in [0, 0.1) is 22.7 Å². The van der Waals surface area contributed by atoms with Crippen molar-refractivity contribution in [2.45, 2.75) is 83.7 Å². The summed E-state index contributed by atoms with van der Waals surface area (Å²) in [5.74, 6) is -1.04. The summed E-state index contributed by atoms with van der Waals surface area (Å²) in [5, 5.41) is -0.151. The molecule has 2 heterocycles. The quantitative estimate of drug-likeness (QED) is 0.263. The Hall–Kier alpha value is -1.37. The average Bonchev–Trinajstić information content (AvgIpc) is 3.03. The largest absolute Gasteiger partial charge is 0.458 e. The molecule has 0 aromatic rings. The summed E-state index contributed by atoms with van der Waals surface area (Å²) in [7, 11) is 0. The van der Waals surface area contributed by atoms with E-state index in [1.165, 1.54) is 6.92 Å². The molecule has 32 heavy (non-hydrogen) atoms. The van der Waals surface area contributed by atoms with Crippen LogP contribution in [-0.4, -0.2) is 48.5 Å². The van der Waals surface area contributed by atoms with Crippen LogP contribution in [-0.2, 0) is 28.5 Å². The highest BCUT2D eigenvalue weighted by atomic mass is 35.5. The van der Waals surface area contributed by atoms with E-state index in [1.807, 2.05) is 19.9 Å². The molecule has 7 heteroatoms. The van der Waals surface area contributed by atoms with E-state index in [4.69, 9.17) is 30.5 Å². The topological polar surface area (TPSA) is 71.1 Å². The Bertz CT molecular complexity index is 849. The standard InChI is InChI=1S/C25H35ClO6/c1-14-17(8-7-16-19(31-15(2)27)12-29-22(16)28)24(5)10-9-21-25(6,20(24)11-18(14)26)13-30-23(3,4)32-21/h7,17-21H,1,8-13H2,2-6H3/b16-7-. The molecular formula is C25H35ClO6. The van der Waals surface area contributed by atoms with Crippen molar-refractivity contribution in [1.29, 1.82) is 0 Å². The van der Waals surface area contributed by atoms with Crippen LogP contribution in [0.3, 0.4) is 0 Å². The van der Waals surface area contributed by atoms with Gasteiger partial charge in [-0.1, -0.05) is 32.1 Å². The number of rotatable bonds is 3. The van der Waals surface area contributed by atoms with Gasteiger partial charge in [0.15, 0.2) is 11.9 Å². The summed E-state index contributed by atoms with van der Waals surface area (Å²) < 4.78 is 22.9. The number of carbonyl (C=O) groups excluding carboxylic acids is 2. The van der Waals surface area contributed by atoms with Crippen LogP contribution in [0.15, 0.2) is 23.8 Å². The summed E-state index contributed by atoms with van der Waals surface area (Å²) in [6, 6.07) is 0. The van der Waals surface area contributed by atoms with Gasteiger partial charge in [0.05, 0.1) is 23.7 Å². The van der Waals surface area contributed by atoms with E-state index in [2.05, 4.69) is 20.4 Å². The van der Waals surface area contributed by atoms with Gasteiger partial charge in [0.2, 0.25) is 0 Å². The minimum Gasteiger partial charge on any atom is -0.458 e. The third kappa shape index (κ3) is 3.92. The Morgan fingerprint density at radius 1 is 1.28 bits per heavy atom. The van der Waals surface area contributed by atoms with Gasteiger partial charge in [-0.05, 0) is 56.8 Å². The zero-order valence-corrected chi connectivity index (χ0v) is 20.5. The third-order valence-corrected chi connectivity index (χ3v) is 8.81. The van der Waals surface area contributed by atoms with Crippen LogP contribution >= 0.6 is 11.6 Å². The number of hydrogen-bond donors (Lipinski definition) is 0. The first-order valence-electron chi connectivity index (χ1n) is 11.6. The maximum Gasteiger partial charge on any atom is 0.337 e. The number of carbonyl (C=O) groups is 2. The van der Waals surface area contributed by atoms with E-state index in [-0.39, 0.29) is 34.8 Å². The minimum absolute atomic E-state index is 0.0571. The van der Waals surface area contributed by atoms with Crippen LogP contribution in [0.25, 0.3) is 0 Å². The van der Waals surface area contributed by atoms with Crippen molar-refractivity contribution in [3.8, 4) is 0 Å². The van der Waals surface area contributed by atoms with Gasteiger partial charge in [0.25, 0.3) is 0 Å². The van der Waals surface area contributed by atoms with Crippen LogP contribution in [0.1, 0.15) is 60.3 Å². The first-order valence-corrected chi connectivity index (χ1v) is 12.0. The first kappa shape index (κ1) is 23.8. The number of esters is 2. The molecule has 0 amide bonds. The summed E-state index contributed by atoms with van der Waals surface area (Å²) in [5.41, 5.74) is 1.22. The predicted octanol–water partition coefficient (Wildman–Crippen LogP) is 4.55. The van der Waals surface area contributed by atoms with Crippen molar-refractivity contribution in [1.82, 2.24) is 0 Å². The molecule has 2 aliphatic heterocycles. The minimum atomic E-state index is -0.650. The second-order valence-corrected chi connectivity index (χ2v) is 11.3. The highest BCUT2D eigenvalue weighted by Crippen LogP contribution is 2.64. The van der Waals surface area contributed by atoms with Gasteiger partial charge >= 0.3 is 11.9 Å². The monoisotopic (exact) mass is 466 g/mol. The lowest BCUT2D eigenvalue weighted by molar-refractivity contribution is -0.344. The van der Waals surface area contributed by atoms with Gasteiger partial charge < -0.3 is 18.9 Å². The molecule has 178 valence electrons. The predicted molar refractivity (Wildman–Crippen MR) is 120 cm³/mol. The van der Waals surface area contributed by atoms with Crippen LogP contribution < -0.4 is 0 Å². The number of halogens is 1. The van der Waals surface area contributed by atoms with Gasteiger partial charge in [0, 0.05) is 12.3 Å². The van der Waals surface area contributed by atoms with Crippen LogP contribution in [0.5, 0.6) is 0 Å². The molecule has 0 bridgehead atoms. The summed E-state index contributed by atoms with van der Waals surface area (Å²) in [4.78, 5) is 23.7. The second kappa shape index (κ2) is 8.14. The number of fused-ring (bicyclic) bond motifs is 3. The highest BCUT2D eigenvalue weighted by molar-refractivity contribution is 6.22. The molecule has 4 aliphatic rings. The molecule has 0 radical (unpaired) electrons. The molecule has 0 aromatic carbocycles. The molecule has 2 saturated heterocycles. The van der Waals surface area contributed by atoms with Gasteiger partial charge in [-0.15, -0.1) is 11.6 Å². The molecule has 2 aliphatic carbocycles. The SMILES string of the molecule is C=C1C(Cl)CC2C3(C)COC(C)(C)OC3CCC2(C)C1C/C=C1\C(=O)OCC1OC(C)=O. The molecule has 7 unspecified atom stereocenters. The molecule has 0 aromatic heterocycles. The third-order valence-electron chi connectivity index (χ3n) is 8.35. The zero-order valence-electron chi connectivity index (χ0n) is 19.7. The van der Waals surface area contributed by atoms with E-state index >= 15 is 0 Å². The van der Waals surface area contributed by atoms with E-state index in [0.717, 1.165) is 24.8 Å². The second-order valence-electron chi connectivity index (χ2n) is 10.8. The number of allylic oxidation sites excluding steroid dienone is 2. The lowest BCUT2D eigenvalue weighted by Crippen LogP contribution is -2.63. The Labute approximate surface area is 195 Å². The van der Waals surface area contributed by atoms with Crippen molar-refractivity contribution < 1.29 is 28.5 Å². The summed E-state index contributed by atoms with van der Waals surface area (Å²) in [6.45, 7) is 15.0. The van der Waals surface area contributed by atoms with Gasteiger partial charge in [-0.2, -0.15) is 0 Å². The van der Waals surface area contributed by atoms with Gasteiger partial charge in [-0.3, -0.25) is 4.79 Å². The van der Waals surface area contributed by atoms with Crippen LogP contribution in [0.4, 0.5) is 0 Å².